The van der Waals surface area contributed by atoms with Crippen LogP contribution in [0, 0.1) is 0 Å². The van der Waals surface area contributed by atoms with Crippen molar-refractivity contribution in [3.8, 4) is 28.5 Å². The number of anilines is 1. The number of hydrogen-bond acceptors (Lipinski definition) is 9. The van der Waals surface area contributed by atoms with Gasteiger partial charge in [-0.2, -0.15) is 4.37 Å². The van der Waals surface area contributed by atoms with Gasteiger partial charge in [0, 0.05) is 43.4 Å². The molecule has 2 aromatic heterocycles. The predicted molar refractivity (Wildman–Crippen MR) is 135 cm³/mol. The van der Waals surface area contributed by atoms with Crippen molar-refractivity contribution in [1.29, 1.82) is 0 Å². The molecular weight excluding hydrogens is 466 g/mol. The molecule has 35 heavy (non-hydrogen) atoms. The number of fused-ring (bicyclic) bond motifs is 1. The number of nitrogens with zero attached hydrogens (tertiary/aromatic N) is 5. The van der Waals surface area contributed by atoms with Gasteiger partial charge in [0.1, 0.15) is 39.5 Å². The van der Waals surface area contributed by atoms with Crippen molar-refractivity contribution >= 4 is 33.5 Å². The normalized spacial score (nSPS) is 13.7. The number of piperazine rings is 1. The summed E-state index contributed by atoms with van der Waals surface area (Å²) in [6.45, 7) is 2.48. The van der Waals surface area contributed by atoms with E-state index in [9.17, 15) is 4.79 Å². The minimum absolute atomic E-state index is 0.0470. The van der Waals surface area contributed by atoms with Gasteiger partial charge in [0.05, 0.1) is 21.3 Å². The fourth-order valence-corrected chi connectivity index (χ4v) is 5.02. The SMILES string of the molecule is COc1ccc(-c2nsc3c(N4CCN(C(=O)c5cc(OC)cc(OC)c5)CC4)ncnc23)cc1. The zero-order valence-electron chi connectivity index (χ0n) is 19.7. The third kappa shape index (κ3) is 4.44. The maximum atomic E-state index is 13.2. The fraction of sp³-hybridized carbons (Fsp3) is 0.280. The van der Waals surface area contributed by atoms with E-state index < -0.39 is 0 Å². The molecule has 0 N–H and O–H groups in total. The predicted octanol–water partition coefficient (Wildman–Crippen LogP) is 3.74. The summed E-state index contributed by atoms with van der Waals surface area (Å²) in [7, 11) is 4.79. The molecule has 0 atom stereocenters. The first kappa shape index (κ1) is 22.9. The highest BCUT2D eigenvalue weighted by Gasteiger charge is 2.26. The van der Waals surface area contributed by atoms with Crippen LogP contribution < -0.4 is 19.1 Å². The second-order valence-corrected chi connectivity index (χ2v) is 8.79. The Balaban J connectivity index is 1.34. The summed E-state index contributed by atoms with van der Waals surface area (Å²) in [6.07, 6.45) is 1.58. The van der Waals surface area contributed by atoms with E-state index in [1.54, 1.807) is 45.9 Å². The topological polar surface area (TPSA) is 89.9 Å². The van der Waals surface area contributed by atoms with E-state index in [2.05, 4.69) is 19.2 Å². The molecule has 0 saturated carbocycles. The lowest BCUT2D eigenvalue weighted by atomic mass is 10.1. The Hall–Kier alpha value is -3.92. The van der Waals surface area contributed by atoms with E-state index in [-0.39, 0.29) is 5.91 Å². The molecule has 1 fully saturated rings. The van der Waals surface area contributed by atoms with E-state index in [1.165, 1.54) is 11.5 Å². The molecule has 0 radical (unpaired) electrons. The second kappa shape index (κ2) is 9.75. The molecule has 2 aromatic carbocycles. The monoisotopic (exact) mass is 491 g/mol. The Bertz CT molecular complexity index is 1330. The van der Waals surface area contributed by atoms with Crippen LogP contribution in [0.3, 0.4) is 0 Å². The molecule has 10 heteroatoms. The molecule has 0 unspecified atom stereocenters. The molecular formula is C25H25N5O4S. The molecule has 9 nitrogen and oxygen atoms in total. The number of rotatable bonds is 6. The highest BCUT2D eigenvalue weighted by Crippen LogP contribution is 2.35. The number of methoxy groups -OCH3 is 3. The summed E-state index contributed by atoms with van der Waals surface area (Å²) in [5.41, 5.74) is 3.18. The van der Waals surface area contributed by atoms with Crippen molar-refractivity contribution in [2.75, 3.05) is 52.4 Å². The molecule has 1 aliphatic heterocycles. The van der Waals surface area contributed by atoms with Crippen LogP contribution in [-0.2, 0) is 0 Å². The van der Waals surface area contributed by atoms with Crippen molar-refractivity contribution in [3.05, 3.63) is 54.4 Å². The van der Waals surface area contributed by atoms with Gasteiger partial charge in [-0.15, -0.1) is 0 Å². The Labute approximate surface area is 207 Å². The Morgan fingerprint density at radius 1 is 0.857 bits per heavy atom. The van der Waals surface area contributed by atoms with Crippen LogP contribution >= 0.6 is 11.5 Å². The van der Waals surface area contributed by atoms with Gasteiger partial charge in [-0.05, 0) is 47.9 Å². The lowest BCUT2D eigenvalue weighted by Gasteiger charge is -2.35. The van der Waals surface area contributed by atoms with E-state index in [0.29, 0.717) is 43.2 Å². The summed E-state index contributed by atoms with van der Waals surface area (Å²) in [5, 5.41) is 0. The average Bonchev–Trinajstić information content (AvgIpc) is 3.37. The van der Waals surface area contributed by atoms with Crippen molar-refractivity contribution in [3.63, 3.8) is 0 Å². The van der Waals surface area contributed by atoms with Crippen molar-refractivity contribution in [1.82, 2.24) is 19.2 Å². The van der Waals surface area contributed by atoms with E-state index in [0.717, 1.165) is 33.0 Å². The van der Waals surface area contributed by atoms with Crippen LogP contribution in [0.2, 0.25) is 0 Å². The summed E-state index contributed by atoms with van der Waals surface area (Å²) < 4.78 is 21.5. The maximum absolute atomic E-state index is 13.2. The van der Waals surface area contributed by atoms with Crippen LogP contribution in [-0.4, -0.2) is 72.7 Å². The number of carbonyl (C=O) groups excluding carboxylic acids is 1. The molecule has 1 amide bonds. The molecule has 0 spiro atoms. The van der Waals surface area contributed by atoms with Gasteiger partial charge in [0.15, 0.2) is 5.82 Å². The first-order chi connectivity index (χ1) is 17.1. The van der Waals surface area contributed by atoms with Gasteiger partial charge in [-0.1, -0.05) is 0 Å². The zero-order valence-corrected chi connectivity index (χ0v) is 20.5. The maximum Gasteiger partial charge on any atom is 0.254 e. The lowest BCUT2D eigenvalue weighted by Crippen LogP contribution is -2.49. The van der Waals surface area contributed by atoms with E-state index in [1.807, 2.05) is 29.2 Å². The molecule has 3 heterocycles. The van der Waals surface area contributed by atoms with E-state index in [4.69, 9.17) is 14.2 Å². The van der Waals surface area contributed by atoms with Crippen LogP contribution in [0.25, 0.3) is 21.5 Å². The Morgan fingerprint density at radius 3 is 2.14 bits per heavy atom. The fourth-order valence-electron chi connectivity index (χ4n) is 4.15. The highest BCUT2D eigenvalue weighted by molar-refractivity contribution is 7.14. The number of aromatic nitrogens is 3. The van der Waals surface area contributed by atoms with E-state index >= 15 is 0 Å². The summed E-state index contributed by atoms with van der Waals surface area (Å²) >= 11 is 1.39. The molecule has 1 aliphatic rings. The number of benzene rings is 2. The Morgan fingerprint density at radius 2 is 1.51 bits per heavy atom. The molecule has 5 rings (SSSR count). The largest absolute Gasteiger partial charge is 0.497 e. The quantitative estimate of drug-likeness (QED) is 0.403. The van der Waals surface area contributed by atoms with Gasteiger partial charge in [0.25, 0.3) is 5.91 Å². The molecule has 0 aliphatic carbocycles. The first-order valence-electron chi connectivity index (χ1n) is 11.1. The number of carbonyl (C=O) groups is 1. The van der Waals surface area contributed by atoms with Crippen molar-refractivity contribution in [2.24, 2.45) is 0 Å². The molecule has 0 bridgehead atoms. The summed E-state index contributed by atoms with van der Waals surface area (Å²) in [5.74, 6) is 2.78. The lowest BCUT2D eigenvalue weighted by molar-refractivity contribution is 0.0746. The number of hydrogen-bond donors (Lipinski definition) is 0. The van der Waals surface area contributed by atoms with Crippen LogP contribution in [0.5, 0.6) is 17.2 Å². The zero-order chi connectivity index (χ0) is 24.4. The minimum Gasteiger partial charge on any atom is -0.497 e. The highest BCUT2D eigenvalue weighted by atomic mass is 32.1. The van der Waals surface area contributed by atoms with Crippen LogP contribution in [0.15, 0.2) is 48.8 Å². The third-order valence-electron chi connectivity index (χ3n) is 6.07. The molecule has 1 saturated heterocycles. The number of amides is 1. The smallest absolute Gasteiger partial charge is 0.254 e. The van der Waals surface area contributed by atoms with Gasteiger partial charge >= 0.3 is 0 Å². The standard InChI is InChI=1S/C25H25N5O4S/c1-32-18-6-4-16(5-7-18)21-22-23(35-28-21)24(27-15-26-22)29-8-10-30(11-9-29)25(31)17-12-19(33-2)14-20(13-17)34-3/h4-7,12-15H,8-11H2,1-3H3. The average molecular weight is 492 g/mol. The summed E-state index contributed by atoms with van der Waals surface area (Å²) in [6, 6.07) is 13.0. The summed E-state index contributed by atoms with van der Waals surface area (Å²) in [4.78, 5) is 26.3. The van der Waals surface area contributed by atoms with Gasteiger partial charge in [-0.25, -0.2) is 9.97 Å². The van der Waals surface area contributed by atoms with Gasteiger partial charge in [-0.3, -0.25) is 4.79 Å². The second-order valence-electron chi connectivity index (χ2n) is 8.02. The third-order valence-corrected chi connectivity index (χ3v) is 6.90. The van der Waals surface area contributed by atoms with Gasteiger partial charge < -0.3 is 24.0 Å². The minimum atomic E-state index is -0.0470. The Kier molecular flexibility index (Phi) is 6.37. The van der Waals surface area contributed by atoms with Crippen LogP contribution in [0.1, 0.15) is 10.4 Å². The molecule has 180 valence electrons. The molecule has 4 aromatic rings. The first-order valence-corrected chi connectivity index (χ1v) is 11.9. The van der Waals surface area contributed by atoms with Crippen molar-refractivity contribution in [2.45, 2.75) is 0 Å². The van der Waals surface area contributed by atoms with Gasteiger partial charge in [0.2, 0.25) is 0 Å². The van der Waals surface area contributed by atoms with Crippen LogP contribution in [0.4, 0.5) is 5.82 Å². The number of ether oxygens (including phenoxy) is 3. The van der Waals surface area contributed by atoms with Crippen molar-refractivity contribution < 1.29 is 19.0 Å².